The van der Waals surface area contributed by atoms with Gasteiger partial charge in [-0.2, -0.15) is 0 Å². The fourth-order valence-electron chi connectivity index (χ4n) is 3.99. The first kappa shape index (κ1) is 19.5. The fraction of sp³-hybridized carbons (Fsp3) is 0.348. The third kappa shape index (κ3) is 4.43. The number of nitrogens with zero attached hydrogens (tertiary/aromatic N) is 2. The number of nitrogens with one attached hydrogen (secondary N) is 2. The van der Waals surface area contributed by atoms with Gasteiger partial charge in [-0.1, -0.05) is 18.2 Å². The van der Waals surface area contributed by atoms with E-state index in [1.807, 2.05) is 37.4 Å². The maximum Gasteiger partial charge on any atom is 0.237 e. The van der Waals surface area contributed by atoms with E-state index in [0.717, 1.165) is 43.8 Å². The van der Waals surface area contributed by atoms with Crippen molar-refractivity contribution >= 4 is 22.5 Å². The summed E-state index contributed by atoms with van der Waals surface area (Å²) in [6.07, 6.45) is 2.83. The summed E-state index contributed by atoms with van der Waals surface area (Å²) in [5.74, 6) is -0.148. The molecule has 5 nitrogen and oxygen atoms in total. The normalized spacial score (nSPS) is 16.1. The molecule has 2 aromatic carbocycles. The topological polar surface area (TPSA) is 51.4 Å². The van der Waals surface area contributed by atoms with Crippen molar-refractivity contribution in [3.05, 3.63) is 66.1 Å². The van der Waals surface area contributed by atoms with Gasteiger partial charge < -0.3 is 15.2 Å². The summed E-state index contributed by atoms with van der Waals surface area (Å²) in [5, 5.41) is 4.30. The van der Waals surface area contributed by atoms with Crippen LogP contribution < -0.4 is 10.2 Å². The highest BCUT2D eigenvalue weighted by molar-refractivity contribution is 5.83. The Balaban J connectivity index is 1.25. The van der Waals surface area contributed by atoms with Gasteiger partial charge in [0.2, 0.25) is 5.91 Å². The van der Waals surface area contributed by atoms with Gasteiger partial charge in [0.05, 0.1) is 6.04 Å². The molecule has 1 saturated heterocycles. The molecular weight excluding hydrogens is 367 g/mol. The monoisotopic (exact) mass is 394 g/mol. The molecule has 152 valence electrons. The Hall–Kier alpha value is -2.86. The molecule has 6 heteroatoms. The molecular formula is C23H27FN4O. The first-order valence-corrected chi connectivity index (χ1v) is 10.2. The number of hydrogen-bond acceptors (Lipinski definition) is 3. The molecule has 0 aliphatic carbocycles. The zero-order chi connectivity index (χ0) is 20.2. The Morgan fingerprint density at radius 1 is 1.10 bits per heavy atom. The molecule has 1 aromatic heterocycles. The number of halogens is 1. The maximum absolute atomic E-state index is 13.1. The minimum Gasteiger partial charge on any atom is -0.369 e. The van der Waals surface area contributed by atoms with Gasteiger partial charge in [0.25, 0.3) is 0 Å². The van der Waals surface area contributed by atoms with E-state index in [0.29, 0.717) is 6.54 Å². The Bertz CT molecular complexity index is 960. The molecule has 4 rings (SSSR count). The second-order valence-electron chi connectivity index (χ2n) is 7.58. The molecule has 29 heavy (non-hydrogen) atoms. The van der Waals surface area contributed by atoms with Crippen LogP contribution in [0.5, 0.6) is 0 Å². The van der Waals surface area contributed by atoms with E-state index >= 15 is 0 Å². The number of H-pyrrole nitrogens is 1. The summed E-state index contributed by atoms with van der Waals surface area (Å²) in [6.45, 7) is 5.88. The summed E-state index contributed by atoms with van der Waals surface area (Å²) < 4.78 is 13.1. The Morgan fingerprint density at radius 3 is 2.59 bits per heavy atom. The minimum absolute atomic E-state index is 0.0695. The van der Waals surface area contributed by atoms with Crippen LogP contribution in [-0.2, 0) is 11.2 Å². The van der Waals surface area contributed by atoms with Crippen molar-refractivity contribution in [3.63, 3.8) is 0 Å². The number of aromatic nitrogens is 1. The summed E-state index contributed by atoms with van der Waals surface area (Å²) in [5.41, 5.74) is 3.38. The molecule has 3 aromatic rings. The van der Waals surface area contributed by atoms with Crippen LogP contribution in [0.15, 0.2) is 54.7 Å². The molecule has 0 spiro atoms. The zero-order valence-corrected chi connectivity index (χ0v) is 16.7. The van der Waals surface area contributed by atoms with E-state index < -0.39 is 0 Å². The second kappa shape index (κ2) is 8.66. The predicted molar refractivity (Wildman–Crippen MR) is 115 cm³/mol. The number of benzene rings is 2. The number of hydrogen-bond donors (Lipinski definition) is 2. The van der Waals surface area contributed by atoms with Gasteiger partial charge in [-0.15, -0.1) is 0 Å². The van der Waals surface area contributed by atoms with Crippen LogP contribution in [0.4, 0.5) is 10.1 Å². The smallest absolute Gasteiger partial charge is 0.237 e. The Kier molecular flexibility index (Phi) is 5.81. The summed E-state index contributed by atoms with van der Waals surface area (Å²) in [7, 11) is 0. The van der Waals surface area contributed by atoms with Crippen LogP contribution in [0, 0.1) is 5.82 Å². The van der Waals surface area contributed by atoms with Crippen molar-refractivity contribution in [2.75, 3.05) is 37.6 Å². The first-order chi connectivity index (χ1) is 14.1. The molecule has 0 bridgehead atoms. The zero-order valence-electron chi connectivity index (χ0n) is 16.7. The van der Waals surface area contributed by atoms with Crippen LogP contribution in [0.1, 0.15) is 12.5 Å². The lowest BCUT2D eigenvalue weighted by atomic mass is 10.1. The van der Waals surface area contributed by atoms with Crippen LogP contribution in [-0.4, -0.2) is 54.6 Å². The average Bonchev–Trinajstić information content (AvgIpc) is 3.17. The third-order valence-electron chi connectivity index (χ3n) is 5.80. The van der Waals surface area contributed by atoms with Gasteiger partial charge >= 0.3 is 0 Å². The lowest BCUT2D eigenvalue weighted by Crippen LogP contribution is -2.54. The van der Waals surface area contributed by atoms with Gasteiger partial charge in [0.15, 0.2) is 0 Å². The second-order valence-corrected chi connectivity index (χ2v) is 7.58. The van der Waals surface area contributed by atoms with E-state index in [1.165, 1.54) is 23.1 Å². The van der Waals surface area contributed by atoms with Gasteiger partial charge in [-0.25, -0.2) is 4.39 Å². The van der Waals surface area contributed by atoms with Gasteiger partial charge in [0.1, 0.15) is 5.82 Å². The maximum atomic E-state index is 13.1. The number of aromatic amines is 1. The molecule has 2 N–H and O–H groups in total. The van der Waals surface area contributed by atoms with Crippen molar-refractivity contribution < 1.29 is 9.18 Å². The quantitative estimate of drug-likeness (QED) is 0.675. The van der Waals surface area contributed by atoms with Crippen molar-refractivity contribution in [1.29, 1.82) is 0 Å². The first-order valence-electron chi connectivity index (χ1n) is 10.2. The highest BCUT2D eigenvalue weighted by atomic mass is 19.1. The fourth-order valence-corrected chi connectivity index (χ4v) is 3.99. The van der Waals surface area contributed by atoms with Crippen molar-refractivity contribution in [2.45, 2.75) is 19.4 Å². The Labute approximate surface area is 170 Å². The molecule has 1 aliphatic rings. The van der Waals surface area contributed by atoms with Crippen molar-refractivity contribution in [2.24, 2.45) is 0 Å². The number of carbonyl (C=O) groups excluding carboxylic acids is 1. The van der Waals surface area contributed by atoms with E-state index in [2.05, 4.69) is 32.2 Å². The number of fused-ring (bicyclic) bond motifs is 1. The van der Waals surface area contributed by atoms with Crippen LogP contribution in [0.3, 0.4) is 0 Å². The molecule has 0 saturated carbocycles. The van der Waals surface area contributed by atoms with Crippen molar-refractivity contribution in [3.8, 4) is 0 Å². The van der Waals surface area contributed by atoms with E-state index in [9.17, 15) is 9.18 Å². The number of carbonyl (C=O) groups is 1. The summed E-state index contributed by atoms with van der Waals surface area (Å²) >= 11 is 0. The van der Waals surface area contributed by atoms with Gasteiger partial charge in [-0.3, -0.25) is 9.69 Å². The molecule has 1 aliphatic heterocycles. The van der Waals surface area contributed by atoms with E-state index in [-0.39, 0.29) is 17.8 Å². The Morgan fingerprint density at radius 2 is 1.83 bits per heavy atom. The summed E-state index contributed by atoms with van der Waals surface area (Å²) in [4.78, 5) is 20.3. The van der Waals surface area contributed by atoms with Crippen LogP contribution >= 0.6 is 0 Å². The van der Waals surface area contributed by atoms with Crippen LogP contribution in [0.25, 0.3) is 10.9 Å². The van der Waals surface area contributed by atoms with E-state index in [4.69, 9.17) is 0 Å². The molecule has 2 heterocycles. The number of rotatable bonds is 6. The van der Waals surface area contributed by atoms with Gasteiger partial charge in [-0.05, 0) is 49.2 Å². The largest absolute Gasteiger partial charge is 0.369 e. The van der Waals surface area contributed by atoms with Crippen LogP contribution in [0.2, 0.25) is 0 Å². The van der Waals surface area contributed by atoms with E-state index in [1.54, 1.807) is 0 Å². The number of piperazine rings is 1. The molecule has 1 atom stereocenters. The number of anilines is 1. The highest BCUT2D eigenvalue weighted by Gasteiger charge is 2.25. The molecule has 1 fully saturated rings. The number of amides is 1. The SMILES string of the molecule is CC(C(=O)NCCc1c[nH]c2ccccc12)N1CCN(c2ccc(F)cc2)CC1. The summed E-state index contributed by atoms with van der Waals surface area (Å²) in [6, 6.07) is 14.7. The van der Waals surface area contributed by atoms with Crippen molar-refractivity contribution in [1.82, 2.24) is 15.2 Å². The minimum atomic E-state index is -0.217. The molecule has 0 radical (unpaired) electrons. The number of para-hydroxylation sites is 1. The molecule has 1 amide bonds. The standard InChI is InChI=1S/C23H27FN4O/c1-17(27-12-14-28(15-13-27)20-8-6-19(24)7-9-20)23(29)25-11-10-18-16-26-22-5-3-2-4-21(18)22/h2-9,16-17,26H,10-15H2,1H3,(H,25,29). The lowest BCUT2D eigenvalue weighted by molar-refractivity contribution is -0.125. The van der Waals surface area contributed by atoms with Gasteiger partial charge in [0, 0.05) is 55.5 Å². The third-order valence-corrected chi connectivity index (χ3v) is 5.80. The highest BCUT2D eigenvalue weighted by Crippen LogP contribution is 2.19. The lowest BCUT2D eigenvalue weighted by Gasteiger charge is -2.38. The average molecular weight is 394 g/mol. The molecule has 1 unspecified atom stereocenters. The predicted octanol–water partition coefficient (Wildman–Crippen LogP) is 3.18.